The molecule has 2 fully saturated rings. The quantitative estimate of drug-likeness (QED) is 0.776. The Kier molecular flexibility index (Phi) is 3.17. The van der Waals surface area contributed by atoms with Gasteiger partial charge in [0.05, 0.1) is 6.61 Å². The summed E-state index contributed by atoms with van der Waals surface area (Å²) in [5.74, 6) is 1.64. The maximum Gasteiger partial charge on any atom is 0.0509 e. The van der Waals surface area contributed by atoms with E-state index in [1.165, 1.54) is 25.1 Å². The van der Waals surface area contributed by atoms with E-state index < -0.39 is 0 Å². The Morgan fingerprint density at radius 3 is 2.71 bits per heavy atom. The van der Waals surface area contributed by atoms with E-state index in [0.717, 1.165) is 25.0 Å². The van der Waals surface area contributed by atoms with Gasteiger partial charge in [-0.15, -0.1) is 0 Å². The molecule has 0 amide bonds. The van der Waals surface area contributed by atoms with Gasteiger partial charge >= 0.3 is 0 Å². The van der Waals surface area contributed by atoms with Crippen LogP contribution in [0.1, 0.15) is 24.9 Å². The number of ether oxygens (including phenoxy) is 1. The molecule has 0 bridgehead atoms. The summed E-state index contributed by atoms with van der Waals surface area (Å²) >= 11 is 0. The molecule has 1 aromatic rings. The van der Waals surface area contributed by atoms with Crippen LogP contribution in [-0.2, 0) is 4.74 Å². The molecule has 3 atom stereocenters. The Balaban J connectivity index is 1.70. The van der Waals surface area contributed by atoms with Crippen LogP contribution in [-0.4, -0.2) is 31.2 Å². The lowest BCUT2D eigenvalue weighted by Crippen LogP contribution is -2.26. The number of rotatable bonds is 2. The summed E-state index contributed by atoms with van der Waals surface area (Å²) in [6, 6.07) is 11.4. The fraction of sp³-hybridized carbons (Fsp3) is 0.600. The molecule has 0 spiro atoms. The van der Waals surface area contributed by atoms with Gasteiger partial charge < -0.3 is 4.74 Å². The summed E-state index contributed by atoms with van der Waals surface area (Å²) < 4.78 is 5.59. The van der Waals surface area contributed by atoms with Gasteiger partial charge in [-0.3, -0.25) is 4.90 Å². The molecule has 0 aromatic heterocycles. The highest BCUT2D eigenvalue weighted by molar-refractivity contribution is 5.18. The van der Waals surface area contributed by atoms with Gasteiger partial charge in [0.15, 0.2) is 0 Å². The number of hydrogen-bond donors (Lipinski definition) is 0. The molecular formula is C15H21NO. The zero-order valence-corrected chi connectivity index (χ0v) is 10.5. The smallest absolute Gasteiger partial charge is 0.0509 e. The second-order valence-electron chi connectivity index (χ2n) is 5.42. The van der Waals surface area contributed by atoms with Crippen molar-refractivity contribution in [3.63, 3.8) is 0 Å². The third-order valence-electron chi connectivity index (χ3n) is 4.40. The average molecular weight is 231 g/mol. The van der Waals surface area contributed by atoms with E-state index in [0.29, 0.717) is 6.04 Å². The molecule has 0 saturated carbocycles. The van der Waals surface area contributed by atoms with Crippen molar-refractivity contribution < 1.29 is 4.74 Å². The second-order valence-corrected chi connectivity index (χ2v) is 5.42. The molecule has 0 aliphatic carbocycles. The normalized spacial score (nSPS) is 31.1. The van der Waals surface area contributed by atoms with Crippen molar-refractivity contribution in [1.82, 2.24) is 4.90 Å². The van der Waals surface area contributed by atoms with Gasteiger partial charge in [-0.1, -0.05) is 30.3 Å². The maximum absolute atomic E-state index is 5.59. The van der Waals surface area contributed by atoms with Crippen molar-refractivity contribution in [3.05, 3.63) is 35.9 Å². The van der Waals surface area contributed by atoms with E-state index in [1.54, 1.807) is 0 Å². The molecule has 92 valence electrons. The first-order chi connectivity index (χ1) is 8.34. The van der Waals surface area contributed by atoms with Crippen molar-refractivity contribution >= 4 is 0 Å². The van der Waals surface area contributed by atoms with Gasteiger partial charge in [-0.2, -0.15) is 0 Å². The van der Waals surface area contributed by atoms with Crippen LogP contribution in [0.3, 0.4) is 0 Å². The molecule has 17 heavy (non-hydrogen) atoms. The third-order valence-corrected chi connectivity index (χ3v) is 4.40. The molecule has 3 rings (SSSR count). The summed E-state index contributed by atoms with van der Waals surface area (Å²) in [6.07, 6.45) is 1.25. The van der Waals surface area contributed by atoms with Crippen LogP contribution in [0.25, 0.3) is 0 Å². The first kappa shape index (κ1) is 11.2. The van der Waals surface area contributed by atoms with E-state index in [4.69, 9.17) is 4.74 Å². The summed E-state index contributed by atoms with van der Waals surface area (Å²) in [7, 11) is 0. The molecule has 0 radical (unpaired) electrons. The van der Waals surface area contributed by atoms with Crippen LogP contribution in [0.15, 0.2) is 30.3 Å². The fourth-order valence-corrected chi connectivity index (χ4v) is 3.22. The number of benzene rings is 1. The van der Waals surface area contributed by atoms with Crippen molar-refractivity contribution in [2.24, 2.45) is 11.8 Å². The largest absolute Gasteiger partial charge is 0.381 e. The Labute approximate surface area is 104 Å². The number of likely N-dealkylation sites (tertiary alicyclic amines) is 1. The van der Waals surface area contributed by atoms with E-state index in [-0.39, 0.29) is 0 Å². The van der Waals surface area contributed by atoms with E-state index in [1.807, 2.05) is 0 Å². The van der Waals surface area contributed by atoms with Crippen LogP contribution >= 0.6 is 0 Å². The Morgan fingerprint density at radius 2 is 1.94 bits per heavy atom. The predicted octanol–water partition coefficient (Wildman–Crippen LogP) is 2.72. The number of fused-ring (bicyclic) bond motifs is 1. The number of nitrogens with zero attached hydrogens (tertiary/aromatic N) is 1. The third kappa shape index (κ3) is 2.24. The molecule has 1 aromatic carbocycles. The van der Waals surface area contributed by atoms with E-state index in [9.17, 15) is 0 Å². The van der Waals surface area contributed by atoms with Crippen LogP contribution in [0.4, 0.5) is 0 Å². The molecular weight excluding hydrogens is 210 g/mol. The minimum atomic E-state index is 0.543. The lowest BCUT2D eigenvalue weighted by Gasteiger charge is -2.24. The van der Waals surface area contributed by atoms with Gasteiger partial charge in [0.25, 0.3) is 0 Å². The van der Waals surface area contributed by atoms with Crippen LogP contribution in [0, 0.1) is 11.8 Å². The zero-order chi connectivity index (χ0) is 11.7. The molecule has 2 heteroatoms. The van der Waals surface area contributed by atoms with Crippen molar-refractivity contribution in [2.75, 3.05) is 26.3 Å². The molecule has 2 aliphatic heterocycles. The molecule has 3 unspecified atom stereocenters. The lowest BCUT2D eigenvalue weighted by atomic mass is 9.92. The summed E-state index contributed by atoms with van der Waals surface area (Å²) in [5, 5.41) is 0. The summed E-state index contributed by atoms with van der Waals surface area (Å²) in [5.41, 5.74) is 1.44. The van der Waals surface area contributed by atoms with Crippen LogP contribution in [0.5, 0.6) is 0 Å². The highest BCUT2D eigenvalue weighted by atomic mass is 16.5. The maximum atomic E-state index is 5.59. The highest BCUT2D eigenvalue weighted by Crippen LogP contribution is 2.34. The van der Waals surface area contributed by atoms with Gasteiger partial charge in [-0.25, -0.2) is 0 Å². The predicted molar refractivity (Wildman–Crippen MR) is 68.8 cm³/mol. The second kappa shape index (κ2) is 4.79. The molecule has 2 heterocycles. The molecule has 2 nitrogen and oxygen atoms in total. The van der Waals surface area contributed by atoms with Crippen molar-refractivity contribution in [2.45, 2.75) is 19.4 Å². The lowest BCUT2D eigenvalue weighted by molar-refractivity contribution is 0.0369. The van der Waals surface area contributed by atoms with Gasteiger partial charge in [-0.05, 0) is 30.7 Å². The summed E-state index contributed by atoms with van der Waals surface area (Å²) in [6.45, 7) is 6.73. The Morgan fingerprint density at radius 1 is 1.18 bits per heavy atom. The number of hydrogen-bond acceptors (Lipinski definition) is 2. The Hall–Kier alpha value is -0.860. The first-order valence-corrected chi connectivity index (χ1v) is 6.71. The molecule has 2 aliphatic rings. The monoisotopic (exact) mass is 231 g/mol. The highest BCUT2D eigenvalue weighted by Gasteiger charge is 2.36. The van der Waals surface area contributed by atoms with Gasteiger partial charge in [0.2, 0.25) is 0 Å². The van der Waals surface area contributed by atoms with Crippen LogP contribution < -0.4 is 0 Å². The van der Waals surface area contributed by atoms with E-state index in [2.05, 4.69) is 42.2 Å². The van der Waals surface area contributed by atoms with Gasteiger partial charge in [0, 0.05) is 25.7 Å². The molecule has 0 N–H and O–H groups in total. The standard InChI is InChI=1S/C15H21NO/c1-12(13-5-3-2-4-6-13)16-9-14-7-8-17-11-15(14)10-16/h2-6,12,14-15H,7-11H2,1H3. The summed E-state index contributed by atoms with van der Waals surface area (Å²) in [4.78, 5) is 2.62. The zero-order valence-electron chi connectivity index (χ0n) is 10.5. The Bertz CT molecular complexity index is 350. The van der Waals surface area contributed by atoms with Crippen LogP contribution in [0.2, 0.25) is 0 Å². The topological polar surface area (TPSA) is 12.5 Å². The van der Waals surface area contributed by atoms with Crippen molar-refractivity contribution in [1.29, 1.82) is 0 Å². The average Bonchev–Trinajstić information content (AvgIpc) is 2.82. The van der Waals surface area contributed by atoms with Gasteiger partial charge in [0.1, 0.15) is 0 Å². The molecule has 2 saturated heterocycles. The van der Waals surface area contributed by atoms with Crippen molar-refractivity contribution in [3.8, 4) is 0 Å². The first-order valence-electron chi connectivity index (χ1n) is 6.71. The minimum Gasteiger partial charge on any atom is -0.381 e. The fourth-order valence-electron chi connectivity index (χ4n) is 3.22. The van der Waals surface area contributed by atoms with E-state index >= 15 is 0 Å². The SMILES string of the molecule is CC(c1ccccc1)N1CC2CCOCC2C1. The minimum absolute atomic E-state index is 0.543.